The average molecular weight is 140 g/mol. The highest BCUT2D eigenvalue weighted by molar-refractivity contribution is 6.37. The lowest BCUT2D eigenvalue weighted by molar-refractivity contribution is -0.146. The molecule has 0 aromatic carbocycles. The maximum atomic E-state index is 10.3. The van der Waals surface area contributed by atoms with Gasteiger partial charge in [0.2, 0.25) is 0 Å². The van der Waals surface area contributed by atoms with Gasteiger partial charge in [0, 0.05) is 0 Å². The normalized spacial score (nSPS) is 10.9. The highest BCUT2D eigenvalue weighted by Crippen LogP contribution is 1.79. The van der Waals surface area contributed by atoms with Gasteiger partial charge in [0.25, 0.3) is 5.78 Å². The topological polar surface area (TPSA) is 54.4 Å². The number of carboxylic acid groups (broad SMARTS) is 1. The molecule has 0 heterocycles. The molecule has 0 aromatic heterocycles. The van der Waals surface area contributed by atoms with E-state index in [2.05, 4.69) is 0 Å². The van der Waals surface area contributed by atoms with Gasteiger partial charge in [0.1, 0.15) is 0 Å². The van der Waals surface area contributed by atoms with Crippen molar-refractivity contribution in [2.75, 3.05) is 0 Å². The minimum Gasteiger partial charge on any atom is -0.475 e. The predicted octanol–water partition coefficient (Wildman–Crippen LogP) is 0.772. The van der Waals surface area contributed by atoms with Crippen molar-refractivity contribution in [3.05, 3.63) is 24.3 Å². The second-order valence-electron chi connectivity index (χ2n) is 1.55. The summed E-state index contributed by atoms with van der Waals surface area (Å²) in [5.74, 6) is -2.33. The van der Waals surface area contributed by atoms with Crippen molar-refractivity contribution >= 4 is 11.8 Å². The van der Waals surface area contributed by atoms with Crippen molar-refractivity contribution in [3.8, 4) is 0 Å². The highest BCUT2D eigenvalue weighted by atomic mass is 16.4. The van der Waals surface area contributed by atoms with Crippen LogP contribution >= 0.6 is 0 Å². The van der Waals surface area contributed by atoms with Crippen LogP contribution in [-0.2, 0) is 9.59 Å². The minimum atomic E-state index is -1.43. The Labute approximate surface area is 58.7 Å². The van der Waals surface area contributed by atoms with Gasteiger partial charge in [0.05, 0.1) is 0 Å². The van der Waals surface area contributed by atoms with Crippen LogP contribution in [0.5, 0.6) is 0 Å². The van der Waals surface area contributed by atoms with Crippen LogP contribution in [-0.4, -0.2) is 16.9 Å². The summed E-state index contributed by atoms with van der Waals surface area (Å²) >= 11 is 0. The zero-order chi connectivity index (χ0) is 7.98. The number of carboxylic acids is 1. The van der Waals surface area contributed by atoms with Crippen LogP contribution in [0.25, 0.3) is 0 Å². The Morgan fingerprint density at radius 1 is 1.30 bits per heavy atom. The van der Waals surface area contributed by atoms with Gasteiger partial charge < -0.3 is 5.11 Å². The predicted molar refractivity (Wildman–Crippen MR) is 36.6 cm³/mol. The third-order valence-corrected chi connectivity index (χ3v) is 0.762. The molecule has 0 saturated heterocycles. The van der Waals surface area contributed by atoms with E-state index in [9.17, 15) is 9.59 Å². The van der Waals surface area contributed by atoms with E-state index in [1.54, 1.807) is 19.1 Å². The Bertz CT molecular complexity index is 189. The molecule has 10 heavy (non-hydrogen) atoms. The molecular formula is C7H8O3. The van der Waals surface area contributed by atoms with Crippen LogP contribution in [0, 0.1) is 0 Å². The summed E-state index contributed by atoms with van der Waals surface area (Å²) < 4.78 is 0. The van der Waals surface area contributed by atoms with Gasteiger partial charge in [-0.2, -0.15) is 0 Å². The Kier molecular flexibility index (Phi) is 3.87. The van der Waals surface area contributed by atoms with E-state index in [-0.39, 0.29) is 0 Å². The molecule has 0 fully saturated rings. The second kappa shape index (κ2) is 4.49. The third-order valence-electron chi connectivity index (χ3n) is 0.762. The number of ketones is 1. The van der Waals surface area contributed by atoms with Crippen LogP contribution < -0.4 is 0 Å². The number of allylic oxidation sites excluding steroid dienone is 3. The van der Waals surface area contributed by atoms with Crippen molar-refractivity contribution in [2.24, 2.45) is 0 Å². The quantitative estimate of drug-likeness (QED) is 0.358. The summed E-state index contributed by atoms with van der Waals surface area (Å²) in [6.45, 7) is 1.77. The maximum absolute atomic E-state index is 10.3. The molecule has 0 aromatic rings. The van der Waals surface area contributed by atoms with Crippen molar-refractivity contribution in [1.29, 1.82) is 0 Å². The van der Waals surface area contributed by atoms with E-state index in [0.717, 1.165) is 6.08 Å². The first-order chi connectivity index (χ1) is 4.68. The standard InChI is InChI=1S/C7H8O3/c1-2-3-4-5-6(8)7(9)10/h2-5H,1H3,(H,9,10)/b3-2+,5-4+. The van der Waals surface area contributed by atoms with Crippen LogP contribution in [0.15, 0.2) is 24.3 Å². The van der Waals surface area contributed by atoms with Gasteiger partial charge in [-0.15, -0.1) is 0 Å². The summed E-state index contributed by atoms with van der Waals surface area (Å²) in [5, 5.41) is 8.06. The number of aliphatic carboxylic acids is 1. The minimum absolute atomic E-state index is 0.905. The lowest BCUT2D eigenvalue weighted by Crippen LogP contribution is -2.08. The molecule has 0 aliphatic carbocycles. The molecule has 0 rings (SSSR count). The smallest absolute Gasteiger partial charge is 0.376 e. The highest BCUT2D eigenvalue weighted by Gasteiger charge is 2.03. The van der Waals surface area contributed by atoms with E-state index < -0.39 is 11.8 Å². The van der Waals surface area contributed by atoms with E-state index in [1.807, 2.05) is 0 Å². The average Bonchev–Trinajstić information content (AvgIpc) is 1.88. The Morgan fingerprint density at radius 3 is 2.30 bits per heavy atom. The molecule has 0 aliphatic rings. The van der Waals surface area contributed by atoms with Gasteiger partial charge >= 0.3 is 5.97 Å². The lowest BCUT2D eigenvalue weighted by Gasteiger charge is -1.79. The SMILES string of the molecule is C/C=C/C=C/C(=O)C(=O)O. The van der Waals surface area contributed by atoms with Gasteiger partial charge in [-0.3, -0.25) is 4.79 Å². The molecular weight excluding hydrogens is 132 g/mol. The number of hydrogen-bond acceptors (Lipinski definition) is 2. The Hall–Kier alpha value is -1.38. The molecule has 0 spiro atoms. The molecule has 0 unspecified atom stereocenters. The van der Waals surface area contributed by atoms with E-state index in [0.29, 0.717) is 0 Å². The number of rotatable bonds is 3. The molecule has 0 aliphatic heterocycles. The first-order valence-corrected chi connectivity index (χ1v) is 2.75. The summed E-state index contributed by atoms with van der Waals surface area (Å²) in [7, 11) is 0. The second-order valence-corrected chi connectivity index (χ2v) is 1.55. The molecule has 3 nitrogen and oxygen atoms in total. The molecule has 0 saturated carbocycles. The summed E-state index contributed by atoms with van der Waals surface area (Å²) in [6.07, 6.45) is 5.67. The van der Waals surface area contributed by atoms with Gasteiger partial charge in [-0.25, -0.2) is 4.79 Å². The monoisotopic (exact) mass is 140 g/mol. The summed E-state index contributed by atoms with van der Waals surface area (Å²) in [5.41, 5.74) is 0. The zero-order valence-electron chi connectivity index (χ0n) is 5.57. The van der Waals surface area contributed by atoms with E-state index >= 15 is 0 Å². The summed E-state index contributed by atoms with van der Waals surface area (Å²) in [4.78, 5) is 20.2. The van der Waals surface area contributed by atoms with Gasteiger partial charge in [-0.1, -0.05) is 18.2 Å². The summed E-state index contributed by atoms with van der Waals surface area (Å²) in [6, 6.07) is 0. The number of carbonyl (C=O) groups excluding carboxylic acids is 1. The third kappa shape index (κ3) is 3.60. The molecule has 0 bridgehead atoms. The van der Waals surface area contributed by atoms with E-state index in [4.69, 9.17) is 5.11 Å². The molecule has 3 heteroatoms. The van der Waals surface area contributed by atoms with Gasteiger partial charge in [-0.05, 0) is 13.0 Å². The first kappa shape index (κ1) is 8.62. The molecule has 1 N–H and O–H groups in total. The van der Waals surface area contributed by atoms with Crippen LogP contribution in [0.2, 0.25) is 0 Å². The van der Waals surface area contributed by atoms with Crippen molar-refractivity contribution in [2.45, 2.75) is 6.92 Å². The van der Waals surface area contributed by atoms with Crippen molar-refractivity contribution < 1.29 is 14.7 Å². The van der Waals surface area contributed by atoms with Crippen LogP contribution in [0.1, 0.15) is 6.92 Å². The fraction of sp³-hybridized carbons (Fsp3) is 0.143. The van der Waals surface area contributed by atoms with Crippen LogP contribution in [0.3, 0.4) is 0 Å². The number of carbonyl (C=O) groups is 2. The first-order valence-electron chi connectivity index (χ1n) is 2.75. The molecule has 0 radical (unpaired) electrons. The van der Waals surface area contributed by atoms with Crippen molar-refractivity contribution in [3.63, 3.8) is 0 Å². The Balaban J connectivity index is 3.90. The fourth-order valence-corrected chi connectivity index (χ4v) is 0.325. The Morgan fingerprint density at radius 2 is 1.90 bits per heavy atom. The fourth-order valence-electron chi connectivity index (χ4n) is 0.325. The molecule has 0 amide bonds. The maximum Gasteiger partial charge on any atom is 0.376 e. The zero-order valence-corrected chi connectivity index (χ0v) is 5.57. The molecule has 54 valence electrons. The van der Waals surface area contributed by atoms with Crippen molar-refractivity contribution in [1.82, 2.24) is 0 Å². The largest absolute Gasteiger partial charge is 0.475 e. The number of hydrogen-bond donors (Lipinski definition) is 1. The van der Waals surface area contributed by atoms with E-state index in [1.165, 1.54) is 6.08 Å². The molecule has 0 atom stereocenters. The lowest BCUT2D eigenvalue weighted by atomic mass is 10.3. The van der Waals surface area contributed by atoms with Crippen LogP contribution in [0.4, 0.5) is 0 Å². The van der Waals surface area contributed by atoms with Gasteiger partial charge in [0.15, 0.2) is 0 Å².